The lowest BCUT2D eigenvalue weighted by atomic mass is 9.98. The normalized spacial score (nSPS) is 20.0. The van der Waals surface area contributed by atoms with E-state index in [4.69, 9.17) is 5.73 Å². The average Bonchev–Trinajstić information content (AvgIpc) is 2.86. The summed E-state index contributed by atoms with van der Waals surface area (Å²) in [6.07, 6.45) is 6.71. The summed E-state index contributed by atoms with van der Waals surface area (Å²) in [5.41, 5.74) is 6.64. The lowest BCUT2D eigenvalue weighted by molar-refractivity contribution is 0.133. The highest BCUT2D eigenvalue weighted by atomic mass is 32.1. The van der Waals surface area contributed by atoms with E-state index in [1.54, 1.807) is 0 Å². The van der Waals surface area contributed by atoms with E-state index in [0.29, 0.717) is 6.54 Å². The molecule has 2 N–H and O–H groups in total. The Balaban J connectivity index is 2.04. The average molecular weight is 276 g/mol. The Kier molecular flexibility index (Phi) is 5.91. The molecule has 1 aromatic rings. The quantitative estimate of drug-likeness (QED) is 0.856. The number of rotatable bonds is 4. The molecule has 1 fully saturated rings. The second-order valence-corrected chi connectivity index (χ2v) is 6.17. The third kappa shape index (κ3) is 4.07. The molecule has 0 saturated carbocycles. The number of hydrogen-bond donors (Lipinski definition) is 1. The monoisotopic (exact) mass is 276 g/mol. The molecule has 2 nitrogen and oxygen atoms in total. The van der Waals surface area contributed by atoms with Crippen molar-refractivity contribution in [3.05, 3.63) is 21.9 Å². The van der Waals surface area contributed by atoms with Gasteiger partial charge in [-0.1, -0.05) is 31.6 Å². The zero-order chi connectivity index (χ0) is 13.5. The second-order valence-electron chi connectivity index (χ2n) is 5.17. The number of nitrogens with two attached hydrogens (primary N) is 1. The van der Waals surface area contributed by atoms with Gasteiger partial charge in [-0.15, -0.1) is 11.3 Å². The number of nitrogens with zero attached hydrogens (tertiary/aromatic N) is 1. The van der Waals surface area contributed by atoms with Gasteiger partial charge in [0.25, 0.3) is 0 Å². The van der Waals surface area contributed by atoms with E-state index in [2.05, 4.69) is 35.1 Å². The largest absolute Gasteiger partial charge is 0.320 e. The van der Waals surface area contributed by atoms with Gasteiger partial charge in [0.15, 0.2) is 0 Å². The van der Waals surface area contributed by atoms with Crippen LogP contribution in [-0.2, 0) is 6.54 Å². The zero-order valence-electron chi connectivity index (χ0n) is 11.8. The van der Waals surface area contributed by atoms with Gasteiger partial charge in [-0.3, -0.25) is 4.90 Å². The first-order chi connectivity index (χ1) is 9.35. The molecule has 0 spiro atoms. The first-order valence-corrected chi connectivity index (χ1v) is 8.22. The smallest absolute Gasteiger partial charge is 0.0555 e. The number of piperidine rings is 1. The fraction of sp³-hybridized carbons (Fsp3) is 0.625. The van der Waals surface area contributed by atoms with Gasteiger partial charge in [0.2, 0.25) is 0 Å². The van der Waals surface area contributed by atoms with Crippen LogP contribution in [0.2, 0.25) is 0 Å². The van der Waals surface area contributed by atoms with E-state index >= 15 is 0 Å². The Morgan fingerprint density at radius 3 is 3.16 bits per heavy atom. The maximum atomic E-state index is 5.46. The molecule has 0 radical (unpaired) electrons. The fourth-order valence-corrected chi connectivity index (χ4v) is 3.69. The van der Waals surface area contributed by atoms with Gasteiger partial charge in [-0.25, -0.2) is 0 Å². The van der Waals surface area contributed by atoms with Gasteiger partial charge in [-0.05, 0) is 37.3 Å². The van der Waals surface area contributed by atoms with E-state index in [1.165, 1.54) is 49.1 Å². The molecule has 1 aliphatic rings. The summed E-state index contributed by atoms with van der Waals surface area (Å²) in [7, 11) is 0. The van der Waals surface area contributed by atoms with Crippen molar-refractivity contribution in [3.8, 4) is 11.8 Å². The van der Waals surface area contributed by atoms with Crippen molar-refractivity contribution in [2.45, 2.75) is 51.6 Å². The minimum absolute atomic E-state index is 0.442. The van der Waals surface area contributed by atoms with Crippen LogP contribution in [0.25, 0.3) is 0 Å². The number of likely N-dealkylation sites (tertiary alicyclic amines) is 1. The maximum absolute atomic E-state index is 5.46. The van der Waals surface area contributed by atoms with Crippen molar-refractivity contribution in [1.82, 2.24) is 4.90 Å². The van der Waals surface area contributed by atoms with Crippen LogP contribution < -0.4 is 5.73 Å². The maximum Gasteiger partial charge on any atom is 0.0555 e. The van der Waals surface area contributed by atoms with Crippen LogP contribution in [-0.4, -0.2) is 24.0 Å². The molecular formula is C16H24N2S. The van der Waals surface area contributed by atoms with Crippen molar-refractivity contribution in [2.24, 2.45) is 5.73 Å². The summed E-state index contributed by atoms with van der Waals surface area (Å²) in [5, 5.41) is 2.15. The van der Waals surface area contributed by atoms with Crippen molar-refractivity contribution in [3.63, 3.8) is 0 Å². The van der Waals surface area contributed by atoms with Gasteiger partial charge in [-0.2, -0.15) is 0 Å². The molecule has 3 heteroatoms. The van der Waals surface area contributed by atoms with Gasteiger partial charge < -0.3 is 5.73 Å². The Labute approximate surface area is 121 Å². The minimum atomic E-state index is 0.442. The topological polar surface area (TPSA) is 29.3 Å². The van der Waals surface area contributed by atoms with Gasteiger partial charge in [0.05, 0.1) is 6.54 Å². The number of hydrogen-bond acceptors (Lipinski definition) is 3. The van der Waals surface area contributed by atoms with Crippen LogP contribution in [0.1, 0.15) is 49.5 Å². The second kappa shape index (κ2) is 7.69. The summed E-state index contributed by atoms with van der Waals surface area (Å²) in [5.74, 6) is 6.17. The molecule has 2 heterocycles. The Morgan fingerprint density at radius 1 is 1.47 bits per heavy atom. The van der Waals surface area contributed by atoms with Gasteiger partial charge in [0, 0.05) is 23.0 Å². The molecule has 1 aromatic heterocycles. The molecule has 104 valence electrons. The lowest BCUT2D eigenvalue weighted by Crippen LogP contribution is -2.38. The van der Waals surface area contributed by atoms with Crippen LogP contribution in [0.5, 0.6) is 0 Å². The molecule has 2 rings (SSSR count). The Bertz CT molecular complexity index is 439. The fourth-order valence-electron chi connectivity index (χ4n) is 2.83. The van der Waals surface area contributed by atoms with Crippen LogP contribution in [0.4, 0.5) is 0 Å². The highest BCUT2D eigenvalue weighted by molar-refractivity contribution is 7.10. The molecule has 0 aliphatic carbocycles. The summed E-state index contributed by atoms with van der Waals surface area (Å²) in [6, 6.07) is 2.90. The van der Waals surface area contributed by atoms with E-state index in [0.717, 1.165) is 12.6 Å². The molecule has 1 atom stereocenters. The van der Waals surface area contributed by atoms with Crippen molar-refractivity contribution in [2.75, 3.05) is 13.1 Å². The van der Waals surface area contributed by atoms with Crippen LogP contribution in [0.15, 0.2) is 11.4 Å². The Hall–Kier alpha value is -0.820. The van der Waals surface area contributed by atoms with Crippen molar-refractivity contribution >= 4 is 11.3 Å². The van der Waals surface area contributed by atoms with Crippen LogP contribution in [0, 0.1) is 11.8 Å². The molecule has 0 amide bonds. The van der Waals surface area contributed by atoms with Gasteiger partial charge in [0.1, 0.15) is 0 Å². The summed E-state index contributed by atoms with van der Waals surface area (Å²) in [4.78, 5) is 4.07. The minimum Gasteiger partial charge on any atom is -0.320 e. The van der Waals surface area contributed by atoms with E-state index < -0.39 is 0 Å². The van der Waals surface area contributed by atoms with E-state index in [-0.39, 0.29) is 0 Å². The third-order valence-corrected chi connectivity index (χ3v) is 4.69. The first kappa shape index (κ1) is 14.6. The predicted octanol–water partition coefficient (Wildman–Crippen LogP) is 3.21. The van der Waals surface area contributed by atoms with Crippen molar-refractivity contribution < 1.29 is 0 Å². The number of thiophene rings is 1. The van der Waals surface area contributed by atoms with Crippen molar-refractivity contribution in [1.29, 1.82) is 0 Å². The predicted molar refractivity (Wildman–Crippen MR) is 83.2 cm³/mol. The molecule has 1 unspecified atom stereocenters. The highest BCUT2D eigenvalue weighted by Gasteiger charge is 2.22. The molecule has 1 aliphatic heterocycles. The molecule has 19 heavy (non-hydrogen) atoms. The molecule has 0 bridgehead atoms. The first-order valence-electron chi connectivity index (χ1n) is 7.34. The third-order valence-electron chi connectivity index (χ3n) is 3.79. The summed E-state index contributed by atoms with van der Waals surface area (Å²) >= 11 is 1.83. The Morgan fingerprint density at radius 2 is 2.37 bits per heavy atom. The molecule has 1 saturated heterocycles. The van der Waals surface area contributed by atoms with E-state index in [1.807, 2.05) is 11.3 Å². The molecule has 0 aromatic carbocycles. The zero-order valence-corrected chi connectivity index (χ0v) is 12.6. The van der Waals surface area contributed by atoms with Gasteiger partial charge >= 0.3 is 0 Å². The molecular weight excluding hydrogens is 252 g/mol. The van der Waals surface area contributed by atoms with Crippen LogP contribution >= 0.6 is 11.3 Å². The summed E-state index contributed by atoms with van der Waals surface area (Å²) in [6.45, 7) is 5.04. The SMILES string of the molecule is CCCC1CCCCN1Cc1sccc1C#CCN. The summed E-state index contributed by atoms with van der Waals surface area (Å²) < 4.78 is 0. The van der Waals surface area contributed by atoms with Crippen LogP contribution in [0.3, 0.4) is 0 Å². The van der Waals surface area contributed by atoms with E-state index in [9.17, 15) is 0 Å². The standard InChI is InChI=1S/C16H24N2S/c1-2-6-15-8-3-4-11-18(15)13-16-14(7-5-10-17)9-12-19-16/h9,12,15H,2-4,6,8,10-11,13,17H2,1H3. The highest BCUT2D eigenvalue weighted by Crippen LogP contribution is 2.26. The lowest BCUT2D eigenvalue weighted by Gasteiger charge is -2.35.